The molecule has 0 fully saturated rings. The third kappa shape index (κ3) is 5.11. The molecule has 1 unspecified atom stereocenters. The maximum Gasteiger partial charge on any atom is 0.242 e. The van der Waals surface area contributed by atoms with Crippen LogP contribution < -0.4 is 15.4 Å². The third-order valence-corrected chi connectivity index (χ3v) is 3.29. The van der Waals surface area contributed by atoms with Crippen LogP contribution in [0.15, 0.2) is 24.3 Å². The van der Waals surface area contributed by atoms with Gasteiger partial charge in [-0.25, -0.2) is 0 Å². The van der Waals surface area contributed by atoms with E-state index >= 15 is 0 Å². The van der Waals surface area contributed by atoms with Crippen molar-refractivity contribution in [3.8, 4) is 5.75 Å². The summed E-state index contributed by atoms with van der Waals surface area (Å²) in [4.78, 5) is 12.1. The predicted molar refractivity (Wildman–Crippen MR) is 83.2 cm³/mol. The molecule has 0 aliphatic heterocycles. The summed E-state index contributed by atoms with van der Waals surface area (Å²) in [7, 11) is 0. The average molecular weight is 278 g/mol. The molecule has 4 nitrogen and oxygen atoms in total. The van der Waals surface area contributed by atoms with Crippen molar-refractivity contribution in [2.24, 2.45) is 0 Å². The average Bonchev–Trinajstić information content (AvgIpc) is 2.41. The summed E-state index contributed by atoms with van der Waals surface area (Å²) in [5.41, 5.74) is 0.733. The molecule has 0 spiro atoms. The van der Waals surface area contributed by atoms with Gasteiger partial charge in [-0.2, -0.15) is 0 Å². The number of amides is 1. The molecule has 0 saturated carbocycles. The second-order valence-electron chi connectivity index (χ2n) is 5.55. The van der Waals surface area contributed by atoms with Gasteiger partial charge in [-0.3, -0.25) is 4.79 Å². The van der Waals surface area contributed by atoms with Gasteiger partial charge >= 0.3 is 0 Å². The second kappa shape index (κ2) is 7.17. The first kappa shape index (κ1) is 16.3. The third-order valence-electron chi connectivity index (χ3n) is 3.29. The lowest BCUT2D eigenvalue weighted by Crippen LogP contribution is -2.48. The summed E-state index contributed by atoms with van der Waals surface area (Å²) in [6.45, 7) is 10.6. The molecule has 0 radical (unpaired) electrons. The second-order valence-corrected chi connectivity index (χ2v) is 5.55. The fourth-order valence-corrected chi connectivity index (χ4v) is 1.66. The fraction of sp³-hybridized carbons (Fsp3) is 0.562. The molecule has 0 bridgehead atoms. The summed E-state index contributed by atoms with van der Waals surface area (Å²) in [6, 6.07) is 7.34. The molecule has 0 aromatic heterocycles. The number of carbonyl (C=O) groups excluding carboxylic acids is 1. The summed E-state index contributed by atoms with van der Waals surface area (Å²) in [5.74, 6) is 0.841. The molecule has 0 aliphatic carbocycles. The van der Waals surface area contributed by atoms with Crippen LogP contribution in [0.25, 0.3) is 0 Å². The van der Waals surface area contributed by atoms with Crippen molar-refractivity contribution in [1.82, 2.24) is 5.32 Å². The predicted octanol–water partition coefficient (Wildman–Crippen LogP) is 3.19. The molecular weight excluding hydrogens is 252 g/mol. The zero-order chi connectivity index (χ0) is 15.2. The van der Waals surface area contributed by atoms with Crippen LogP contribution in [0, 0.1) is 0 Å². The normalized spacial score (nSPS) is 12.7. The lowest BCUT2D eigenvalue weighted by Gasteiger charge is -2.27. The van der Waals surface area contributed by atoms with Crippen LogP contribution in [0.1, 0.15) is 41.0 Å². The van der Waals surface area contributed by atoms with Gasteiger partial charge in [0.25, 0.3) is 0 Å². The van der Waals surface area contributed by atoms with Gasteiger partial charge in [0.05, 0.1) is 6.61 Å². The Hall–Kier alpha value is -1.71. The van der Waals surface area contributed by atoms with Crippen molar-refractivity contribution < 1.29 is 9.53 Å². The quantitative estimate of drug-likeness (QED) is 0.805. The first-order chi connectivity index (χ1) is 9.38. The van der Waals surface area contributed by atoms with Crippen molar-refractivity contribution in [2.75, 3.05) is 11.9 Å². The summed E-state index contributed by atoms with van der Waals surface area (Å²) < 4.78 is 5.39. The molecule has 1 amide bonds. The largest absolute Gasteiger partial charge is 0.494 e. The highest BCUT2D eigenvalue weighted by Crippen LogP contribution is 2.16. The Labute approximate surface area is 121 Å². The number of nitrogens with one attached hydrogen (secondary N) is 2. The Morgan fingerprint density at radius 3 is 2.35 bits per heavy atom. The van der Waals surface area contributed by atoms with Crippen molar-refractivity contribution in [1.29, 1.82) is 0 Å². The van der Waals surface area contributed by atoms with Crippen LogP contribution in [-0.2, 0) is 4.79 Å². The van der Waals surface area contributed by atoms with Crippen LogP contribution in [0.4, 0.5) is 5.69 Å². The topological polar surface area (TPSA) is 50.4 Å². The molecule has 20 heavy (non-hydrogen) atoms. The molecule has 0 heterocycles. The number of ether oxygens (including phenoxy) is 1. The molecule has 4 heteroatoms. The van der Waals surface area contributed by atoms with Crippen molar-refractivity contribution in [3.63, 3.8) is 0 Å². The zero-order valence-electron chi connectivity index (χ0n) is 13.1. The van der Waals surface area contributed by atoms with E-state index in [2.05, 4.69) is 17.6 Å². The number of hydrogen-bond donors (Lipinski definition) is 2. The first-order valence-corrected chi connectivity index (χ1v) is 7.19. The van der Waals surface area contributed by atoms with Crippen molar-refractivity contribution in [2.45, 2.75) is 52.6 Å². The minimum Gasteiger partial charge on any atom is -0.494 e. The van der Waals surface area contributed by atoms with E-state index in [1.165, 1.54) is 0 Å². The Morgan fingerprint density at radius 1 is 1.25 bits per heavy atom. The first-order valence-electron chi connectivity index (χ1n) is 7.19. The van der Waals surface area contributed by atoms with E-state index in [1.54, 1.807) is 0 Å². The molecule has 0 aliphatic rings. The minimum atomic E-state index is -0.279. The number of rotatable bonds is 7. The monoisotopic (exact) mass is 278 g/mol. The molecular formula is C16H26N2O2. The Morgan fingerprint density at radius 2 is 1.85 bits per heavy atom. The molecule has 1 aromatic carbocycles. The van der Waals surface area contributed by atoms with E-state index in [9.17, 15) is 4.79 Å². The highest BCUT2D eigenvalue weighted by Gasteiger charge is 2.21. The Kier molecular flexibility index (Phi) is 5.86. The standard InChI is InChI=1S/C16H26N2O2/c1-6-16(4,5)18-15(19)12(3)17-13-8-10-14(11-9-13)20-7-2/h8-12,17H,6-7H2,1-5H3,(H,18,19). The van der Waals surface area contributed by atoms with Crippen LogP contribution in [0.2, 0.25) is 0 Å². The number of benzene rings is 1. The van der Waals surface area contributed by atoms with Gasteiger partial charge in [-0.15, -0.1) is 0 Å². The minimum absolute atomic E-state index is 0.00531. The molecule has 112 valence electrons. The molecule has 1 atom stereocenters. The SMILES string of the molecule is CCOc1ccc(NC(C)C(=O)NC(C)(C)CC)cc1. The van der Waals surface area contributed by atoms with Crippen molar-refractivity contribution in [3.05, 3.63) is 24.3 Å². The van der Waals surface area contributed by atoms with Gasteiger partial charge in [0, 0.05) is 11.2 Å². The number of carbonyl (C=O) groups is 1. The van der Waals surface area contributed by atoms with Crippen LogP contribution in [0.5, 0.6) is 5.75 Å². The summed E-state index contributed by atoms with van der Waals surface area (Å²) in [6.07, 6.45) is 0.897. The Balaban J connectivity index is 2.57. The van der Waals surface area contributed by atoms with E-state index in [0.29, 0.717) is 6.61 Å². The van der Waals surface area contributed by atoms with E-state index < -0.39 is 0 Å². The van der Waals surface area contributed by atoms with Gasteiger partial charge < -0.3 is 15.4 Å². The van der Waals surface area contributed by atoms with E-state index in [1.807, 2.05) is 52.0 Å². The van der Waals surface area contributed by atoms with Crippen LogP contribution in [-0.4, -0.2) is 24.1 Å². The maximum atomic E-state index is 12.1. The van der Waals surface area contributed by atoms with Crippen LogP contribution in [0.3, 0.4) is 0 Å². The van der Waals surface area contributed by atoms with Gasteiger partial charge in [0.2, 0.25) is 5.91 Å². The molecule has 1 aromatic rings. The van der Waals surface area contributed by atoms with Gasteiger partial charge in [-0.1, -0.05) is 6.92 Å². The lowest BCUT2D eigenvalue weighted by atomic mass is 10.0. The molecule has 0 saturated heterocycles. The Bertz CT molecular complexity index is 427. The van der Waals surface area contributed by atoms with Crippen molar-refractivity contribution >= 4 is 11.6 Å². The van der Waals surface area contributed by atoms with E-state index in [4.69, 9.17) is 4.74 Å². The zero-order valence-corrected chi connectivity index (χ0v) is 13.1. The molecule has 1 rings (SSSR count). The lowest BCUT2D eigenvalue weighted by molar-refractivity contribution is -0.123. The smallest absolute Gasteiger partial charge is 0.242 e. The highest BCUT2D eigenvalue weighted by atomic mass is 16.5. The van der Waals surface area contributed by atoms with Gasteiger partial charge in [-0.05, 0) is 58.4 Å². The highest BCUT2D eigenvalue weighted by molar-refractivity contribution is 5.84. The van der Waals surface area contributed by atoms with Gasteiger partial charge in [0.15, 0.2) is 0 Å². The van der Waals surface area contributed by atoms with Crippen LogP contribution >= 0.6 is 0 Å². The van der Waals surface area contributed by atoms with E-state index in [-0.39, 0.29) is 17.5 Å². The maximum absolute atomic E-state index is 12.1. The summed E-state index contributed by atoms with van der Waals surface area (Å²) >= 11 is 0. The van der Waals surface area contributed by atoms with E-state index in [0.717, 1.165) is 17.9 Å². The number of hydrogen-bond acceptors (Lipinski definition) is 3. The fourth-order valence-electron chi connectivity index (χ4n) is 1.66. The number of anilines is 1. The van der Waals surface area contributed by atoms with Gasteiger partial charge in [0.1, 0.15) is 11.8 Å². The summed E-state index contributed by atoms with van der Waals surface area (Å²) in [5, 5.41) is 6.22. The molecule has 2 N–H and O–H groups in total.